The fraction of sp³-hybridized carbons (Fsp3) is 0.111. The molecule has 0 fully saturated rings. The molecule has 0 heterocycles. The maximum atomic E-state index is 10.4. The van der Waals surface area contributed by atoms with Crippen molar-refractivity contribution in [2.24, 2.45) is 5.10 Å². The summed E-state index contributed by atoms with van der Waals surface area (Å²) in [5.41, 5.74) is 3.15. The summed E-state index contributed by atoms with van der Waals surface area (Å²) in [6.45, 7) is 0. The van der Waals surface area contributed by atoms with Gasteiger partial charge in [-0.05, 0) is 11.1 Å². The van der Waals surface area contributed by atoms with Crippen molar-refractivity contribution in [3.8, 4) is 0 Å². The number of aliphatic carboxylic acids is 1. The molecule has 0 bridgehead atoms. The number of carboxylic acid groups (broad SMARTS) is 1. The minimum atomic E-state index is -0.858. The highest BCUT2D eigenvalue weighted by molar-refractivity contribution is 5.79. The van der Waals surface area contributed by atoms with Gasteiger partial charge in [-0.3, -0.25) is 10.0 Å². The van der Waals surface area contributed by atoms with Gasteiger partial charge in [0.05, 0.1) is 12.6 Å². The Bertz CT molecular complexity index is 332. The molecule has 1 aromatic carbocycles. The van der Waals surface area contributed by atoms with Gasteiger partial charge >= 0.3 is 5.97 Å². The average molecular weight is 194 g/mol. The van der Waals surface area contributed by atoms with Gasteiger partial charge in [-0.2, -0.15) is 10.7 Å². The number of nitrogens with zero attached hydrogens (tertiary/aromatic N) is 1. The Morgan fingerprint density at radius 2 is 2.07 bits per heavy atom. The van der Waals surface area contributed by atoms with Crippen LogP contribution in [0, 0.1) is 0 Å². The van der Waals surface area contributed by atoms with E-state index in [1.165, 1.54) is 6.21 Å². The Morgan fingerprint density at radius 3 is 2.57 bits per heavy atom. The minimum absolute atomic E-state index is 0.00960. The van der Waals surface area contributed by atoms with Gasteiger partial charge in [-0.1, -0.05) is 24.3 Å². The molecular weight excluding hydrogens is 184 g/mol. The molecule has 1 rings (SSSR count). The molecule has 0 amide bonds. The van der Waals surface area contributed by atoms with Crippen LogP contribution in [0.1, 0.15) is 11.1 Å². The van der Waals surface area contributed by atoms with Crippen molar-refractivity contribution in [2.75, 3.05) is 0 Å². The van der Waals surface area contributed by atoms with Crippen molar-refractivity contribution in [2.45, 2.75) is 6.42 Å². The molecule has 0 atom stereocenters. The van der Waals surface area contributed by atoms with Crippen molar-refractivity contribution >= 4 is 12.2 Å². The van der Waals surface area contributed by atoms with Crippen LogP contribution in [0.4, 0.5) is 0 Å². The van der Waals surface area contributed by atoms with Crippen LogP contribution in [0.15, 0.2) is 29.4 Å². The van der Waals surface area contributed by atoms with E-state index in [0.29, 0.717) is 0 Å². The van der Waals surface area contributed by atoms with Crippen LogP contribution < -0.4 is 5.59 Å². The van der Waals surface area contributed by atoms with Crippen LogP contribution in [0.2, 0.25) is 0 Å². The molecule has 0 unspecified atom stereocenters. The first-order valence-electron chi connectivity index (χ1n) is 3.95. The van der Waals surface area contributed by atoms with Gasteiger partial charge < -0.3 is 5.11 Å². The fourth-order valence-corrected chi connectivity index (χ4v) is 1.000. The summed E-state index contributed by atoms with van der Waals surface area (Å²) in [6, 6.07) is 6.85. The van der Waals surface area contributed by atoms with Gasteiger partial charge in [0.2, 0.25) is 0 Å². The summed E-state index contributed by atoms with van der Waals surface area (Å²) in [6.07, 6.45) is 1.43. The summed E-state index contributed by atoms with van der Waals surface area (Å²) < 4.78 is 0. The molecule has 0 saturated carbocycles. The Morgan fingerprint density at radius 1 is 1.43 bits per heavy atom. The zero-order valence-corrected chi connectivity index (χ0v) is 7.34. The summed E-state index contributed by atoms with van der Waals surface area (Å²) in [7, 11) is 0. The lowest BCUT2D eigenvalue weighted by Crippen LogP contribution is -2.00. The largest absolute Gasteiger partial charge is 0.481 e. The number of nitrogens with one attached hydrogen (secondary N) is 1. The second-order valence-corrected chi connectivity index (χ2v) is 2.67. The fourth-order valence-electron chi connectivity index (χ4n) is 1.000. The van der Waals surface area contributed by atoms with Gasteiger partial charge in [0.15, 0.2) is 0 Å². The second kappa shape index (κ2) is 4.98. The number of hydrazone groups is 1. The Balaban J connectivity index is 2.68. The van der Waals surface area contributed by atoms with E-state index in [1.807, 2.05) is 0 Å². The van der Waals surface area contributed by atoms with Crippen LogP contribution in [0.5, 0.6) is 0 Å². The number of hydrogen-bond acceptors (Lipinski definition) is 4. The molecule has 74 valence electrons. The molecule has 0 saturated heterocycles. The summed E-state index contributed by atoms with van der Waals surface area (Å²) >= 11 is 0. The molecule has 5 heteroatoms. The van der Waals surface area contributed by atoms with Gasteiger partial charge in [0, 0.05) is 0 Å². The molecular formula is C9H10N2O3. The molecule has 0 radical (unpaired) electrons. The zero-order chi connectivity index (χ0) is 10.4. The molecule has 0 aliphatic heterocycles. The van der Waals surface area contributed by atoms with Crippen LogP contribution in [0.25, 0.3) is 0 Å². The SMILES string of the molecule is O=C(O)Cc1ccc(C=NNO)cc1. The second-order valence-electron chi connectivity index (χ2n) is 2.67. The van der Waals surface area contributed by atoms with E-state index in [4.69, 9.17) is 10.3 Å². The lowest BCUT2D eigenvalue weighted by atomic mass is 10.1. The number of hydrogen-bond donors (Lipinski definition) is 3. The standard InChI is InChI=1S/C9H10N2O3/c12-9(13)5-7-1-3-8(4-2-7)6-10-11-14/h1-4,6,11,14H,5H2,(H,12,13). The van der Waals surface area contributed by atoms with E-state index in [2.05, 4.69) is 5.10 Å². The topological polar surface area (TPSA) is 81.9 Å². The van der Waals surface area contributed by atoms with Crippen LogP contribution in [-0.4, -0.2) is 22.5 Å². The first kappa shape index (κ1) is 10.2. The van der Waals surface area contributed by atoms with Crippen molar-refractivity contribution < 1.29 is 15.1 Å². The molecule has 14 heavy (non-hydrogen) atoms. The maximum Gasteiger partial charge on any atom is 0.307 e. The molecule has 0 aliphatic carbocycles. The van der Waals surface area contributed by atoms with Crippen LogP contribution in [0.3, 0.4) is 0 Å². The third-order valence-corrected chi connectivity index (χ3v) is 1.61. The lowest BCUT2D eigenvalue weighted by molar-refractivity contribution is -0.136. The summed E-state index contributed by atoms with van der Waals surface area (Å²) in [5, 5.41) is 20.1. The predicted molar refractivity (Wildman–Crippen MR) is 50.3 cm³/mol. The first-order valence-corrected chi connectivity index (χ1v) is 3.95. The third-order valence-electron chi connectivity index (χ3n) is 1.61. The van der Waals surface area contributed by atoms with Gasteiger partial charge in [0.25, 0.3) is 0 Å². The highest BCUT2D eigenvalue weighted by atomic mass is 16.5. The highest BCUT2D eigenvalue weighted by Crippen LogP contribution is 2.03. The molecule has 0 aliphatic rings. The Kier molecular flexibility index (Phi) is 3.63. The number of rotatable bonds is 4. The summed E-state index contributed by atoms with van der Waals surface area (Å²) in [5.74, 6) is -0.858. The number of benzene rings is 1. The third kappa shape index (κ3) is 3.24. The highest BCUT2D eigenvalue weighted by Gasteiger charge is 1.98. The average Bonchev–Trinajstić information content (AvgIpc) is 2.16. The molecule has 0 aromatic heterocycles. The number of carboxylic acids is 1. The molecule has 0 spiro atoms. The minimum Gasteiger partial charge on any atom is -0.481 e. The van der Waals surface area contributed by atoms with E-state index in [1.54, 1.807) is 29.9 Å². The van der Waals surface area contributed by atoms with Crippen molar-refractivity contribution in [3.05, 3.63) is 35.4 Å². The van der Waals surface area contributed by atoms with Gasteiger partial charge in [-0.15, -0.1) is 0 Å². The van der Waals surface area contributed by atoms with Gasteiger partial charge in [-0.25, -0.2) is 0 Å². The Hall–Kier alpha value is -1.88. The van der Waals surface area contributed by atoms with Crippen molar-refractivity contribution in [3.63, 3.8) is 0 Å². The van der Waals surface area contributed by atoms with Crippen molar-refractivity contribution in [1.29, 1.82) is 0 Å². The van der Waals surface area contributed by atoms with E-state index < -0.39 is 5.97 Å². The monoisotopic (exact) mass is 194 g/mol. The quantitative estimate of drug-likeness (QED) is 0.485. The maximum absolute atomic E-state index is 10.4. The van der Waals surface area contributed by atoms with Gasteiger partial charge in [0.1, 0.15) is 0 Å². The van der Waals surface area contributed by atoms with E-state index in [9.17, 15) is 4.79 Å². The van der Waals surface area contributed by atoms with Crippen LogP contribution in [-0.2, 0) is 11.2 Å². The van der Waals surface area contributed by atoms with E-state index in [0.717, 1.165) is 11.1 Å². The number of carbonyl (C=O) groups is 1. The molecule has 3 N–H and O–H groups in total. The smallest absolute Gasteiger partial charge is 0.307 e. The normalized spacial score (nSPS) is 10.4. The molecule has 5 nitrogen and oxygen atoms in total. The lowest BCUT2D eigenvalue weighted by Gasteiger charge is -1.97. The Labute approximate surface area is 80.6 Å². The predicted octanol–water partition coefficient (Wildman–Crippen LogP) is 0.626. The zero-order valence-electron chi connectivity index (χ0n) is 7.34. The van der Waals surface area contributed by atoms with E-state index >= 15 is 0 Å². The molecule has 1 aromatic rings. The van der Waals surface area contributed by atoms with E-state index in [-0.39, 0.29) is 6.42 Å². The summed E-state index contributed by atoms with van der Waals surface area (Å²) in [4.78, 5) is 10.4. The van der Waals surface area contributed by atoms with Crippen LogP contribution >= 0.6 is 0 Å². The van der Waals surface area contributed by atoms with Crippen molar-refractivity contribution in [1.82, 2.24) is 5.59 Å². The first-order chi connectivity index (χ1) is 6.72.